The van der Waals surface area contributed by atoms with Gasteiger partial charge in [-0.3, -0.25) is 0 Å². The topological polar surface area (TPSA) is 34.1 Å². The molecule has 0 amide bonds. The van der Waals surface area contributed by atoms with Crippen molar-refractivity contribution in [3.05, 3.63) is 0 Å². The second kappa shape index (κ2) is 6.25. The van der Waals surface area contributed by atoms with Gasteiger partial charge in [0.05, 0.1) is 11.5 Å². The average Bonchev–Trinajstić information content (AvgIpc) is 2.81. The van der Waals surface area contributed by atoms with Crippen LogP contribution in [0.4, 0.5) is 0 Å². The third-order valence-corrected chi connectivity index (χ3v) is 7.91. The SMILES string of the molecule is O=S(=O)(CC1CCCC1)CC1(CBr)CCCCC1. The van der Waals surface area contributed by atoms with Crippen LogP contribution in [0.5, 0.6) is 0 Å². The third kappa shape index (κ3) is 3.96. The van der Waals surface area contributed by atoms with Gasteiger partial charge in [0, 0.05) is 5.33 Å². The van der Waals surface area contributed by atoms with Crippen molar-refractivity contribution in [2.75, 3.05) is 16.8 Å². The van der Waals surface area contributed by atoms with Gasteiger partial charge < -0.3 is 0 Å². The molecule has 0 aromatic carbocycles. The molecule has 0 bridgehead atoms. The van der Waals surface area contributed by atoms with Gasteiger partial charge in [-0.2, -0.15) is 0 Å². The number of sulfone groups is 1. The Hall–Kier alpha value is 0.430. The van der Waals surface area contributed by atoms with Crippen LogP contribution in [0.3, 0.4) is 0 Å². The molecule has 0 N–H and O–H groups in total. The first-order valence-electron chi connectivity index (χ1n) is 7.32. The molecule has 2 aliphatic carbocycles. The molecule has 0 heterocycles. The van der Waals surface area contributed by atoms with Crippen molar-refractivity contribution in [3.63, 3.8) is 0 Å². The molecule has 0 saturated heterocycles. The molecule has 0 spiro atoms. The van der Waals surface area contributed by atoms with Crippen LogP contribution in [0, 0.1) is 11.3 Å². The minimum absolute atomic E-state index is 0.0374. The first-order valence-corrected chi connectivity index (χ1v) is 10.3. The monoisotopic (exact) mass is 336 g/mol. The van der Waals surface area contributed by atoms with Gasteiger partial charge in [0.1, 0.15) is 0 Å². The zero-order valence-corrected chi connectivity index (χ0v) is 13.6. The van der Waals surface area contributed by atoms with Gasteiger partial charge >= 0.3 is 0 Å². The molecule has 0 atom stereocenters. The summed E-state index contributed by atoms with van der Waals surface area (Å²) in [5, 5.41) is 0.851. The highest BCUT2D eigenvalue weighted by molar-refractivity contribution is 9.09. The minimum atomic E-state index is -2.87. The maximum atomic E-state index is 12.4. The van der Waals surface area contributed by atoms with E-state index in [0.29, 0.717) is 17.4 Å². The van der Waals surface area contributed by atoms with Crippen molar-refractivity contribution in [2.45, 2.75) is 57.8 Å². The predicted molar refractivity (Wildman–Crippen MR) is 79.9 cm³/mol. The van der Waals surface area contributed by atoms with E-state index in [-0.39, 0.29) is 5.41 Å². The molecular formula is C14H25BrO2S. The Kier molecular flexibility index (Phi) is 5.15. The average molecular weight is 337 g/mol. The maximum Gasteiger partial charge on any atom is 0.151 e. The van der Waals surface area contributed by atoms with Gasteiger partial charge in [-0.1, -0.05) is 48.0 Å². The molecule has 2 nitrogen and oxygen atoms in total. The van der Waals surface area contributed by atoms with E-state index in [0.717, 1.165) is 31.0 Å². The van der Waals surface area contributed by atoms with Gasteiger partial charge in [0.2, 0.25) is 0 Å². The van der Waals surface area contributed by atoms with Crippen molar-refractivity contribution in [1.82, 2.24) is 0 Å². The lowest BCUT2D eigenvalue weighted by Crippen LogP contribution is -2.35. The second-order valence-corrected chi connectivity index (χ2v) is 9.07. The smallest absolute Gasteiger partial charge is 0.151 e. The van der Waals surface area contributed by atoms with Gasteiger partial charge in [-0.25, -0.2) is 8.42 Å². The first-order chi connectivity index (χ1) is 8.55. The van der Waals surface area contributed by atoms with Crippen LogP contribution < -0.4 is 0 Å². The number of halogens is 1. The zero-order chi connectivity index (χ0) is 13.1. The summed E-state index contributed by atoms with van der Waals surface area (Å²) < 4.78 is 24.8. The lowest BCUT2D eigenvalue weighted by molar-refractivity contribution is 0.255. The zero-order valence-electron chi connectivity index (χ0n) is 11.2. The van der Waals surface area contributed by atoms with Crippen LogP contribution in [0.1, 0.15) is 57.8 Å². The van der Waals surface area contributed by atoms with Crippen molar-refractivity contribution in [1.29, 1.82) is 0 Å². The molecule has 0 radical (unpaired) electrons. The summed E-state index contributed by atoms with van der Waals surface area (Å²) in [5.41, 5.74) is 0.0374. The first kappa shape index (κ1) is 14.8. The summed E-state index contributed by atoms with van der Waals surface area (Å²) in [6.45, 7) is 0. The van der Waals surface area contributed by atoms with E-state index < -0.39 is 9.84 Å². The Labute approximate surface area is 120 Å². The van der Waals surface area contributed by atoms with Crippen molar-refractivity contribution >= 4 is 25.8 Å². The van der Waals surface area contributed by atoms with Crippen molar-refractivity contribution in [2.24, 2.45) is 11.3 Å². The van der Waals surface area contributed by atoms with Crippen LogP contribution >= 0.6 is 15.9 Å². The highest BCUT2D eigenvalue weighted by atomic mass is 79.9. The van der Waals surface area contributed by atoms with E-state index >= 15 is 0 Å². The van der Waals surface area contributed by atoms with E-state index in [1.807, 2.05) is 0 Å². The number of rotatable bonds is 5. The molecule has 0 aliphatic heterocycles. The van der Waals surface area contributed by atoms with Crippen LogP contribution in [-0.4, -0.2) is 25.3 Å². The summed E-state index contributed by atoms with van der Waals surface area (Å²) >= 11 is 3.57. The largest absolute Gasteiger partial charge is 0.229 e. The Bertz CT molecular complexity index is 352. The van der Waals surface area contributed by atoms with Crippen LogP contribution in [0.15, 0.2) is 0 Å². The standard InChI is InChI=1S/C14H25BrO2S/c15-11-14(8-4-1-5-9-14)12-18(16,17)10-13-6-2-3-7-13/h13H,1-12H2. The Balaban J connectivity index is 1.96. The highest BCUT2D eigenvalue weighted by Crippen LogP contribution is 2.39. The molecule has 2 saturated carbocycles. The number of hydrogen-bond donors (Lipinski definition) is 0. The molecule has 18 heavy (non-hydrogen) atoms. The summed E-state index contributed by atoms with van der Waals surface area (Å²) in [6.07, 6.45) is 10.5. The lowest BCUT2D eigenvalue weighted by atomic mass is 9.77. The van der Waals surface area contributed by atoms with E-state index in [1.54, 1.807) is 0 Å². The third-order valence-electron chi connectivity index (χ3n) is 4.69. The van der Waals surface area contributed by atoms with Crippen molar-refractivity contribution < 1.29 is 8.42 Å². The fourth-order valence-corrected chi connectivity index (χ4v) is 7.19. The highest BCUT2D eigenvalue weighted by Gasteiger charge is 2.36. The molecule has 0 unspecified atom stereocenters. The number of alkyl halides is 1. The normalized spacial score (nSPS) is 25.4. The van der Waals surface area contributed by atoms with E-state index in [2.05, 4.69) is 15.9 Å². The molecule has 0 aromatic heterocycles. The lowest BCUT2D eigenvalue weighted by Gasteiger charge is -2.35. The van der Waals surface area contributed by atoms with Gasteiger partial charge in [0.25, 0.3) is 0 Å². The molecule has 2 aliphatic rings. The summed E-state index contributed by atoms with van der Waals surface area (Å²) in [7, 11) is -2.87. The maximum absolute atomic E-state index is 12.4. The number of hydrogen-bond acceptors (Lipinski definition) is 2. The Morgan fingerprint density at radius 1 is 1.00 bits per heavy atom. The van der Waals surface area contributed by atoms with E-state index in [1.165, 1.54) is 32.1 Å². The molecule has 106 valence electrons. The van der Waals surface area contributed by atoms with Crippen LogP contribution in [0.25, 0.3) is 0 Å². The van der Waals surface area contributed by atoms with E-state index in [9.17, 15) is 8.42 Å². The minimum Gasteiger partial charge on any atom is -0.229 e. The quantitative estimate of drug-likeness (QED) is 0.712. The Morgan fingerprint density at radius 3 is 2.17 bits per heavy atom. The molecular weight excluding hydrogens is 312 g/mol. The van der Waals surface area contributed by atoms with Gasteiger partial charge in [-0.15, -0.1) is 0 Å². The molecule has 2 fully saturated rings. The predicted octanol–water partition coefficient (Wildman–Crippen LogP) is 3.94. The Morgan fingerprint density at radius 2 is 1.61 bits per heavy atom. The molecule has 4 heteroatoms. The van der Waals surface area contributed by atoms with Crippen LogP contribution in [-0.2, 0) is 9.84 Å². The fraction of sp³-hybridized carbons (Fsp3) is 1.00. The fourth-order valence-electron chi connectivity index (χ4n) is 3.68. The molecule has 2 rings (SSSR count). The second-order valence-electron chi connectivity index (χ2n) is 6.40. The van der Waals surface area contributed by atoms with E-state index in [4.69, 9.17) is 0 Å². The summed E-state index contributed by atoms with van der Waals surface area (Å²) in [5.74, 6) is 1.31. The van der Waals surface area contributed by atoms with Gasteiger partial charge in [-0.05, 0) is 37.0 Å². The van der Waals surface area contributed by atoms with Crippen molar-refractivity contribution in [3.8, 4) is 0 Å². The summed E-state index contributed by atoms with van der Waals surface area (Å²) in [6, 6.07) is 0. The molecule has 0 aromatic rings. The summed E-state index contributed by atoms with van der Waals surface area (Å²) in [4.78, 5) is 0. The van der Waals surface area contributed by atoms with Gasteiger partial charge in [0.15, 0.2) is 9.84 Å². The van der Waals surface area contributed by atoms with Crippen LogP contribution in [0.2, 0.25) is 0 Å².